The molecule has 0 aliphatic rings. The first-order chi connectivity index (χ1) is 9.00. The third kappa shape index (κ3) is 5.24. The van der Waals surface area contributed by atoms with Crippen molar-refractivity contribution >= 4 is 48.8 Å². The zero-order valence-electron chi connectivity index (χ0n) is 11.3. The van der Waals surface area contributed by atoms with Crippen LogP contribution in [0.15, 0.2) is 47.4 Å². The average molecular weight is 288 g/mol. The van der Waals surface area contributed by atoms with Crippen molar-refractivity contribution in [3.63, 3.8) is 0 Å². The Balaban J connectivity index is 0.000000312. The zero-order valence-corrected chi connectivity index (χ0v) is 14.2. The molecule has 19 heavy (non-hydrogen) atoms. The fourth-order valence-corrected chi connectivity index (χ4v) is 3.20. The van der Waals surface area contributed by atoms with Crippen LogP contribution in [0.3, 0.4) is 0 Å². The molecule has 0 bridgehead atoms. The molecule has 0 atom stereocenters. The molecule has 0 spiro atoms. The van der Waals surface area contributed by atoms with E-state index in [1.165, 1.54) is 50.5 Å². The van der Waals surface area contributed by atoms with Gasteiger partial charge in [-0.1, -0.05) is 36.4 Å². The molecule has 0 aromatic heterocycles. The fraction of sp³-hybridized carbons (Fsp3) is 0.286. The van der Waals surface area contributed by atoms with Gasteiger partial charge in [0.05, 0.1) is 0 Å². The predicted octanol–water partition coefficient (Wildman–Crippen LogP) is 3.46. The van der Waals surface area contributed by atoms with Crippen molar-refractivity contribution in [2.75, 3.05) is 0 Å². The number of hydrogen-bond acceptors (Lipinski definition) is 2. The van der Waals surface area contributed by atoms with Gasteiger partial charge in [-0.05, 0) is 11.5 Å². The Bertz CT molecular complexity index is 616. The Morgan fingerprint density at radius 2 is 1.74 bits per heavy atom. The zero-order chi connectivity index (χ0) is 14.3. The maximum Gasteiger partial charge on any atom is 0.295 e. The van der Waals surface area contributed by atoms with E-state index in [1.54, 1.807) is 30.3 Å². The van der Waals surface area contributed by atoms with Gasteiger partial charge in [0.1, 0.15) is 4.90 Å². The second-order valence-electron chi connectivity index (χ2n) is 4.31. The van der Waals surface area contributed by atoms with Gasteiger partial charge >= 0.3 is 51.4 Å². The first kappa shape index (κ1) is 16.7. The minimum Gasteiger partial charge on any atom is -0.282 e. The van der Waals surface area contributed by atoms with E-state index in [0.29, 0.717) is 5.39 Å². The number of hydrogen-bond donors (Lipinski definition) is 1. The molecule has 3 nitrogen and oxygen atoms in total. The van der Waals surface area contributed by atoms with Crippen LogP contribution in [0.1, 0.15) is 19.8 Å². The maximum absolute atomic E-state index is 11.0. The topological polar surface area (TPSA) is 54.4 Å². The summed E-state index contributed by atoms with van der Waals surface area (Å²) in [6, 6.07) is 11.8. The first-order valence-electron chi connectivity index (χ1n) is 6.46. The number of benzene rings is 2. The van der Waals surface area contributed by atoms with Gasteiger partial charge in [0.25, 0.3) is 10.1 Å². The Kier molecular flexibility index (Phi) is 7.04. The van der Waals surface area contributed by atoms with Crippen LogP contribution >= 0.6 is 0 Å². The number of fused-ring (bicyclic) bond motifs is 1. The molecule has 0 heterocycles. The van der Waals surface area contributed by atoms with Crippen LogP contribution < -0.4 is 0 Å². The molecule has 1 N–H and O–H groups in total. The summed E-state index contributed by atoms with van der Waals surface area (Å²) in [7, 11) is -4.13. The predicted molar refractivity (Wildman–Crippen MR) is 79.2 cm³/mol. The van der Waals surface area contributed by atoms with Crippen molar-refractivity contribution in [3.05, 3.63) is 42.5 Å². The largest absolute Gasteiger partial charge is 0.295 e. The van der Waals surface area contributed by atoms with Gasteiger partial charge in [0, 0.05) is 5.39 Å². The van der Waals surface area contributed by atoms with Crippen LogP contribution in [0.2, 0.25) is 3.67 Å². The van der Waals surface area contributed by atoms with Crippen molar-refractivity contribution in [3.8, 4) is 0 Å². The molecule has 0 radical (unpaired) electrons. The van der Waals surface area contributed by atoms with E-state index in [-0.39, 0.29) is 4.90 Å². The van der Waals surface area contributed by atoms with Crippen LogP contribution in [0.4, 0.5) is 0 Å². The Labute approximate surface area is 132 Å². The average Bonchev–Trinajstić information content (AvgIpc) is 2.39. The first-order valence-corrected chi connectivity index (χ1v) is 9.31. The number of unbranched alkanes of at least 4 members (excludes halogenated alkanes) is 1. The van der Waals surface area contributed by atoms with E-state index in [1.807, 2.05) is 6.07 Å². The normalized spacial score (nSPS) is 10.9. The molecule has 0 unspecified atom stereocenters. The van der Waals surface area contributed by atoms with E-state index < -0.39 is 10.1 Å². The SMILES string of the molecule is CCC[CH2][Na].O=S(=O)(O)c1cccc2ccccc12. The van der Waals surface area contributed by atoms with Crippen LogP contribution in [0.5, 0.6) is 0 Å². The molecule has 2 aromatic rings. The smallest absolute Gasteiger partial charge is 0.282 e. The van der Waals surface area contributed by atoms with E-state index >= 15 is 0 Å². The van der Waals surface area contributed by atoms with Crippen LogP contribution in [0, 0.1) is 0 Å². The number of rotatable bonds is 3. The monoisotopic (exact) mass is 288 g/mol. The van der Waals surface area contributed by atoms with Gasteiger partial charge in [-0.3, -0.25) is 4.55 Å². The summed E-state index contributed by atoms with van der Waals surface area (Å²) in [6.45, 7) is 2.23. The molecule has 0 aliphatic heterocycles. The third-order valence-corrected chi connectivity index (χ3v) is 4.35. The second kappa shape index (κ2) is 8.02. The fourth-order valence-electron chi connectivity index (χ4n) is 1.77. The van der Waals surface area contributed by atoms with E-state index in [4.69, 9.17) is 4.55 Å². The Hall–Kier alpha value is -0.390. The van der Waals surface area contributed by atoms with Crippen LogP contribution in [-0.4, -0.2) is 40.9 Å². The van der Waals surface area contributed by atoms with E-state index in [0.717, 1.165) is 5.39 Å². The molecular weight excluding hydrogens is 271 g/mol. The molecular formula is C14H17NaO3S. The molecule has 5 heteroatoms. The van der Waals surface area contributed by atoms with Gasteiger partial charge < -0.3 is 0 Å². The molecule has 2 aromatic carbocycles. The third-order valence-electron chi connectivity index (χ3n) is 2.73. The molecule has 0 amide bonds. The summed E-state index contributed by atoms with van der Waals surface area (Å²) < 4.78 is 32.4. The van der Waals surface area contributed by atoms with Crippen molar-refractivity contribution in [1.29, 1.82) is 0 Å². The summed E-state index contributed by atoms with van der Waals surface area (Å²) in [5.41, 5.74) is 0. The molecule has 0 aliphatic carbocycles. The van der Waals surface area contributed by atoms with Crippen molar-refractivity contribution in [2.24, 2.45) is 0 Å². The quantitative estimate of drug-likeness (QED) is 0.695. The van der Waals surface area contributed by atoms with Crippen molar-refractivity contribution in [1.82, 2.24) is 0 Å². The van der Waals surface area contributed by atoms with E-state index in [9.17, 15) is 8.42 Å². The second-order valence-corrected chi connectivity index (χ2v) is 6.70. The van der Waals surface area contributed by atoms with Crippen molar-refractivity contribution in [2.45, 2.75) is 28.3 Å². The summed E-state index contributed by atoms with van der Waals surface area (Å²) in [5, 5.41) is 1.33. The molecule has 0 saturated carbocycles. The summed E-state index contributed by atoms with van der Waals surface area (Å²) >= 11 is 1.40. The Morgan fingerprint density at radius 1 is 1.11 bits per heavy atom. The molecule has 0 saturated heterocycles. The summed E-state index contributed by atoms with van der Waals surface area (Å²) in [6.07, 6.45) is 2.83. The van der Waals surface area contributed by atoms with Crippen LogP contribution in [-0.2, 0) is 10.1 Å². The molecule has 0 fully saturated rings. The van der Waals surface area contributed by atoms with Crippen molar-refractivity contribution < 1.29 is 13.0 Å². The summed E-state index contributed by atoms with van der Waals surface area (Å²) in [4.78, 5) is -0.0457. The molecule has 98 valence electrons. The van der Waals surface area contributed by atoms with Gasteiger partial charge in [-0.2, -0.15) is 8.42 Å². The maximum atomic E-state index is 11.0. The van der Waals surface area contributed by atoms with Gasteiger partial charge in [0.2, 0.25) is 0 Å². The summed E-state index contributed by atoms with van der Waals surface area (Å²) in [5.74, 6) is 0. The Morgan fingerprint density at radius 3 is 2.26 bits per heavy atom. The van der Waals surface area contributed by atoms with Gasteiger partial charge in [0.15, 0.2) is 0 Å². The van der Waals surface area contributed by atoms with Gasteiger partial charge in [-0.25, -0.2) is 0 Å². The minimum absolute atomic E-state index is 0.0457. The van der Waals surface area contributed by atoms with Crippen LogP contribution in [0.25, 0.3) is 10.8 Å². The van der Waals surface area contributed by atoms with E-state index in [2.05, 4.69) is 6.92 Å². The van der Waals surface area contributed by atoms with Gasteiger partial charge in [-0.15, -0.1) is 0 Å². The standard InChI is InChI=1S/C10H8O3S.C4H9.Na/c11-14(12,13)10-7-3-5-8-4-1-2-6-9(8)10;1-3-4-2;/h1-7H,(H,11,12,13);1,3-4H2,2H3;. The minimum atomic E-state index is -4.13. The molecule has 2 rings (SSSR count).